The molecule has 0 saturated carbocycles. The van der Waals surface area contributed by atoms with Crippen molar-refractivity contribution >= 4 is 16.5 Å². The molecule has 0 fully saturated rings. The number of nitrogens with zero attached hydrogens (tertiary/aromatic N) is 1. The normalized spacial score (nSPS) is 11.8. The molecule has 1 atom stereocenters. The fourth-order valence-corrected chi connectivity index (χ4v) is 2.86. The summed E-state index contributed by atoms with van der Waals surface area (Å²) in [7, 11) is -1.36. The minimum atomic E-state index is -1.36. The average molecular weight is 274 g/mol. The molecule has 5 heteroatoms. The summed E-state index contributed by atoms with van der Waals surface area (Å²) in [6.07, 6.45) is 0. The Kier molecular flexibility index (Phi) is 3.93. The Hall–Kier alpha value is -2.19. The number of benzene rings is 2. The summed E-state index contributed by atoms with van der Waals surface area (Å²) >= 11 is 0. The van der Waals surface area contributed by atoms with Crippen molar-refractivity contribution in [3.63, 3.8) is 0 Å². The zero-order valence-electron chi connectivity index (χ0n) is 9.97. The topological polar surface area (TPSA) is 66.9 Å². The number of nitriles is 1. The van der Waals surface area contributed by atoms with Gasteiger partial charge < -0.3 is 5.73 Å². The maximum absolute atomic E-state index is 13.2. The van der Waals surface area contributed by atoms with E-state index < -0.39 is 16.6 Å². The lowest BCUT2D eigenvalue weighted by Crippen LogP contribution is -2.00. The first-order valence-electron chi connectivity index (χ1n) is 5.52. The molecular weight excluding hydrogens is 263 g/mol. The van der Waals surface area contributed by atoms with Crippen LogP contribution in [0.25, 0.3) is 0 Å². The summed E-state index contributed by atoms with van der Waals surface area (Å²) in [5.74, 6) is -0.358. The van der Waals surface area contributed by atoms with E-state index in [1.807, 2.05) is 6.07 Å². The van der Waals surface area contributed by atoms with Gasteiger partial charge in [0, 0.05) is 10.6 Å². The zero-order valence-corrected chi connectivity index (χ0v) is 10.8. The van der Waals surface area contributed by atoms with Gasteiger partial charge in [0.25, 0.3) is 0 Å². The highest BCUT2D eigenvalue weighted by Crippen LogP contribution is 2.18. The average Bonchev–Trinajstić information content (AvgIpc) is 2.39. The number of hydrogen-bond acceptors (Lipinski definition) is 3. The molecule has 0 spiro atoms. The lowest BCUT2D eigenvalue weighted by atomic mass is 10.1. The molecule has 2 N–H and O–H groups in total. The van der Waals surface area contributed by atoms with E-state index in [0.717, 1.165) is 0 Å². The first-order chi connectivity index (χ1) is 9.10. The molecular formula is C14H11FN2OS. The lowest BCUT2D eigenvalue weighted by molar-refractivity contribution is 0.626. The molecule has 0 amide bonds. The predicted molar refractivity (Wildman–Crippen MR) is 72.1 cm³/mol. The van der Waals surface area contributed by atoms with Gasteiger partial charge in [0.15, 0.2) is 0 Å². The second kappa shape index (κ2) is 5.63. The quantitative estimate of drug-likeness (QED) is 0.875. The van der Waals surface area contributed by atoms with Crippen LogP contribution >= 0.6 is 0 Å². The van der Waals surface area contributed by atoms with Crippen molar-refractivity contribution < 1.29 is 8.60 Å². The van der Waals surface area contributed by atoms with E-state index in [-0.39, 0.29) is 5.75 Å². The Balaban J connectivity index is 2.29. The zero-order chi connectivity index (χ0) is 13.8. The lowest BCUT2D eigenvalue weighted by Gasteiger charge is -2.05. The number of rotatable bonds is 3. The molecule has 2 aromatic carbocycles. The summed E-state index contributed by atoms with van der Waals surface area (Å²) in [5, 5.41) is 8.95. The van der Waals surface area contributed by atoms with Gasteiger partial charge in [-0.15, -0.1) is 0 Å². The molecule has 0 aliphatic carbocycles. The van der Waals surface area contributed by atoms with Crippen LogP contribution in [-0.2, 0) is 16.6 Å². The van der Waals surface area contributed by atoms with E-state index in [1.54, 1.807) is 24.3 Å². The van der Waals surface area contributed by atoms with Crippen molar-refractivity contribution in [2.75, 3.05) is 5.73 Å². The standard InChI is InChI=1S/C14H11FN2OS/c15-12-5-4-10(8-16)11(6-12)9-19(18)14-3-1-2-13(17)7-14/h1-7H,9,17H2. The Morgan fingerprint density at radius 2 is 2.05 bits per heavy atom. The molecule has 0 bridgehead atoms. The molecule has 0 aliphatic rings. The van der Waals surface area contributed by atoms with Crippen LogP contribution in [-0.4, -0.2) is 4.21 Å². The monoisotopic (exact) mass is 274 g/mol. The fraction of sp³-hybridized carbons (Fsp3) is 0.0714. The van der Waals surface area contributed by atoms with Crippen molar-refractivity contribution in [1.82, 2.24) is 0 Å². The van der Waals surface area contributed by atoms with Crippen LogP contribution in [0.1, 0.15) is 11.1 Å². The summed E-state index contributed by atoms with van der Waals surface area (Å²) < 4.78 is 25.3. The molecule has 96 valence electrons. The van der Waals surface area contributed by atoms with Gasteiger partial charge in [-0.25, -0.2) is 4.39 Å². The van der Waals surface area contributed by atoms with Gasteiger partial charge in [-0.3, -0.25) is 4.21 Å². The molecule has 3 nitrogen and oxygen atoms in total. The first-order valence-corrected chi connectivity index (χ1v) is 6.84. The second-order valence-corrected chi connectivity index (χ2v) is 5.43. The van der Waals surface area contributed by atoms with E-state index in [2.05, 4.69) is 0 Å². The van der Waals surface area contributed by atoms with Crippen LogP contribution in [0.3, 0.4) is 0 Å². The third-order valence-corrected chi connectivity index (χ3v) is 3.95. The van der Waals surface area contributed by atoms with Gasteiger partial charge in [-0.2, -0.15) is 5.26 Å². The van der Waals surface area contributed by atoms with Gasteiger partial charge in [-0.05, 0) is 42.0 Å². The van der Waals surface area contributed by atoms with E-state index in [9.17, 15) is 8.60 Å². The molecule has 0 heterocycles. The Bertz CT molecular complexity index is 679. The molecule has 0 aromatic heterocycles. The van der Waals surface area contributed by atoms with Crippen molar-refractivity contribution in [2.24, 2.45) is 0 Å². The van der Waals surface area contributed by atoms with Crippen molar-refractivity contribution in [1.29, 1.82) is 5.26 Å². The van der Waals surface area contributed by atoms with Gasteiger partial charge in [0.05, 0.1) is 28.2 Å². The Labute approximate surface area is 112 Å². The van der Waals surface area contributed by atoms with Crippen molar-refractivity contribution in [3.05, 3.63) is 59.4 Å². The van der Waals surface area contributed by atoms with E-state index in [4.69, 9.17) is 11.0 Å². The highest BCUT2D eigenvalue weighted by molar-refractivity contribution is 7.84. The third-order valence-electron chi connectivity index (χ3n) is 2.60. The van der Waals surface area contributed by atoms with Crippen LogP contribution in [0.4, 0.5) is 10.1 Å². The van der Waals surface area contributed by atoms with E-state index in [1.165, 1.54) is 18.2 Å². The third kappa shape index (κ3) is 3.18. The maximum atomic E-state index is 13.2. The van der Waals surface area contributed by atoms with Crippen molar-refractivity contribution in [3.8, 4) is 6.07 Å². The summed E-state index contributed by atoms with van der Waals surface area (Å²) in [6.45, 7) is 0. The van der Waals surface area contributed by atoms with Crippen molar-refractivity contribution in [2.45, 2.75) is 10.6 Å². The Morgan fingerprint density at radius 1 is 1.26 bits per heavy atom. The largest absolute Gasteiger partial charge is 0.399 e. The first kappa shape index (κ1) is 13.2. The van der Waals surface area contributed by atoms with Crippen LogP contribution in [0.2, 0.25) is 0 Å². The van der Waals surface area contributed by atoms with Gasteiger partial charge >= 0.3 is 0 Å². The van der Waals surface area contributed by atoms with Crippen LogP contribution in [0.15, 0.2) is 47.4 Å². The minimum absolute atomic E-state index is 0.0874. The van der Waals surface area contributed by atoms with Gasteiger partial charge in [0.2, 0.25) is 0 Å². The SMILES string of the molecule is N#Cc1ccc(F)cc1CS(=O)c1cccc(N)c1. The number of halogens is 1. The number of anilines is 1. The van der Waals surface area contributed by atoms with Crippen LogP contribution < -0.4 is 5.73 Å². The molecule has 0 radical (unpaired) electrons. The predicted octanol–water partition coefficient (Wildman–Crippen LogP) is 2.59. The van der Waals surface area contributed by atoms with E-state index >= 15 is 0 Å². The molecule has 1 unspecified atom stereocenters. The summed E-state index contributed by atoms with van der Waals surface area (Å²) in [5.41, 5.74) is 6.91. The minimum Gasteiger partial charge on any atom is -0.399 e. The highest BCUT2D eigenvalue weighted by atomic mass is 32.2. The second-order valence-electron chi connectivity index (χ2n) is 3.98. The highest BCUT2D eigenvalue weighted by Gasteiger charge is 2.10. The molecule has 0 saturated heterocycles. The fourth-order valence-electron chi connectivity index (χ4n) is 1.67. The number of nitrogen functional groups attached to an aromatic ring is 1. The molecule has 19 heavy (non-hydrogen) atoms. The van der Waals surface area contributed by atoms with Gasteiger partial charge in [0.1, 0.15) is 5.82 Å². The van der Waals surface area contributed by atoms with Gasteiger partial charge in [-0.1, -0.05) is 6.07 Å². The Morgan fingerprint density at radius 3 is 2.74 bits per heavy atom. The smallest absolute Gasteiger partial charge is 0.123 e. The maximum Gasteiger partial charge on any atom is 0.123 e. The molecule has 2 aromatic rings. The molecule has 0 aliphatic heterocycles. The van der Waals surface area contributed by atoms with E-state index in [0.29, 0.717) is 21.7 Å². The molecule has 2 rings (SSSR count). The van der Waals surface area contributed by atoms with Crippen LogP contribution in [0, 0.1) is 17.1 Å². The van der Waals surface area contributed by atoms with Crippen LogP contribution in [0.5, 0.6) is 0 Å². The number of nitrogens with two attached hydrogens (primary N) is 1. The number of hydrogen-bond donors (Lipinski definition) is 1. The summed E-state index contributed by atoms with van der Waals surface area (Å²) in [4.78, 5) is 0.563. The summed E-state index contributed by atoms with van der Waals surface area (Å²) in [6, 6.07) is 12.5.